The number of rotatable bonds is 5. The molecule has 1 aliphatic rings. The number of likely N-dealkylation sites (tertiary alicyclic amines) is 1. The topological polar surface area (TPSA) is 49.8 Å². The Morgan fingerprint density at radius 3 is 2.62 bits per heavy atom. The second-order valence-electron chi connectivity index (χ2n) is 6.25. The molecule has 1 heterocycles. The molecule has 126 valence electrons. The van der Waals surface area contributed by atoms with E-state index in [1.807, 2.05) is 54.6 Å². The molecule has 0 amide bonds. The lowest BCUT2D eigenvalue weighted by molar-refractivity contribution is -0.145. The fourth-order valence-electron chi connectivity index (χ4n) is 3.34. The van der Waals surface area contributed by atoms with E-state index in [-0.39, 0.29) is 6.04 Å². The molecule has 4 nitrogen and oxygen atoms in total. The molecule has 0 bridgehead atoms. The molecule has 1 saturated heterocycles. The number of ether oxygens (including phenoxy) is 1. The van der Waals surface area contributed by atoms with E-state index in [0.29, 0.717) is 0 Å². The van der Waals surface area contributed by atoms with Gasteiger partial charge < -0.3 is 9.84 Å². The first-order valence-electron chi connectivity index (χ1n) is 8.46. The molecule has 0 aromatic heterocycles. The Kier molecular flexibility index (Phi) is 5.16. The van der Waals surface area contributed by atoms with Crippen molar-refractivity contribution in [3.8, 4) is 11.5 Å². The number of benzene rings is 2. The molecular weight excluding hydrogens is 302 g/mol. The highest BCUT2D eigenvalue weighted by molar-refractivity contribution is 5.73. The lowest BCUT2D eigenvalue weighted by Gasteiger charge is -2.37. The van der Waals surface area contributed by atoms with Gasteiger partial charge >= 0.3 is 5.97 Å². The van der Waals surface area contributed by atoms with Gasteiger partial charge in [-0.15, -0.1) is 0 Å². The molecule has 1 aliphatic heterocycles. The van der Waals surface area contributed by atoms with E-state index in [1.54, 1.807) is 0 Å². The van der Waals surface area contributed by atoms with Crippen LogP contribution < -0.4 is 4.74 Å². The monoisotopic (exact) mass is 325 g/mol. The Morgan fingerprint density at radius 1 is 1.12 bits per heavy atom. The van der Waals surface area contributed by atoms with Gasteiger partial charge in [0.25, 0.3) is 0 Å². The fraction of sp³-hybridized carbons (Fsp3) is 0.350. The second-order valence-corrected chi connectivity index (χ2v) is 6.25. The molecule has 0 aliphatic carbocycles. The smallest absolute Gasteiger partial charge is 0.320 e. The van der Waals surface area contributed by atoms with Crippen molar-refractivity contribution in [2.75, 3.05) is 6.54 Å². The van der Waals surface area contributed by atoms with Gasteiger partial charge in [0.05, 0.1) is 0 Å². The molecule has 0 saturated carbocycles. The van der Waals surface area contributed by atoms with Crippen LogP contribution in [-0.2, 0) is 4.79 Å². The number of hydrogen-bond acceptors (Lipinski definition) is 3. The predicted molar refractivity (Wildman–Crippen MR) is 93.4 cm³/mol. The van der Waals surface area contributed by atoms with Crippen molar-refractivity contribution in [1.82, 2.24) is 4.90 Å². The van der Waals surface area contributed by atoms with E-state index >= 15 is 0 Å². The first-order chi connectivity index (χ1) is 11.6. The summed E-state index contributed by atoms with van der Waals surface area (Å²) in [6.45, 7) is 2.89. The van der Waals surface area contributed by atoms with Crippen molar-refractivity contribution in [3.63, 3.8) is 0 Å². The Labute approximate surface area is 142 Å². The first kappa shape index (κ1) is 16.5. The Balaban J connectivity index is 1.78. The summed E-state index contributed by atoms with van der Waals surface area (Å²) in [5.74, 6) is 0.844. The van der Waals surface area contributed by atoms with E-state index < -0.39 is 12.0 Å². The fourth-order valence-corrected chi connectivity index (χ4v) is 3.34. The molecule has 24 heavy (non-hydrogen) atoms. The van der Waals surface area contributed by atoms with Crippen LogP contribution in [0.15, 0.2) is 54.6 Å². The third kappa shape index (κ3) is 3.77. The van der Waals surface area contributed by atoms with Crippen molar-refractivity contribution < 1.29 is 14.6 Å². The van der Waals surface area contributed by atoms with Crippen molar-refractivity contribution >= 4 is 5.97 Å². The van der Waals surface area contributed by atoms with E-state index in [1.165, 1.54) is 0 Å². The zero-order valence-corrected chi connectivity index (χ0v) is 13.9. The molecule has 2 atom stereocenters. The highest BCUT2D eigenvalue weighted by atomic mass is 16.5. The average Bonchev–Trinajstić information content (AvgIpc) is 2.62. The van der Waals surface area contributed by atoms with Crippen LogP contribution in [0.5, 0.6) is 11.5 Å². The molecule has 2 unspecified atom stereocenters. The van der Waals surface area contributed by atoms with E-state index in [9.17, 15) is 9.90 Å². The van der Waals surface area contributed by atoms with Crippen LogP contribution >= 0.6 is 0 Å². The standard InChI is InChI=1S/C20H23NO3/c1-15(21-13-6-5-12-19(21)20(22)23)16-8-7-11-18(14-16)24-17-9-3-2-4-10-17/h2-4,7-11,14-15,19H,5-6,12-13H2,1H3,(H,22,23). The summed E-state index contributed by atoms with van der Waals surface area (Å²) in [6.07, 6.45) is 2.76. The van der Waals surface area contributed by atoms with E-state index in [2.05, 4.69) is 11.8 Å². The number of carbonyl (C=O) groups is 1. The lowest BCUT2D eigenvalue weighted by Crippen LogP contribution is -2.45. The maximum atomic E-state index is 11.5. The Hall–Kier alpha value is -2.33. The molecule has 0 radical (unpaired) electrons. The van der Waals surface area contributed by atoms with Gasteiger partial charge in [0.15, 0.2) is 0 Å². The minimum atomic E-state index is -0.724. The van der Waals surface area contributed by atoms with Crippen LogP contribution in [0.3, 0.4) is 0 Å². The maximum Gasteiger partial charge on any atom is 0.320 e. The molecule has 0 spiro atoms. The largest absolute Gasteiger partial charge is 0.480 e. The number of aliphatic carboxylic acids is 1. The van der Waals surface area contributed by atoms with Gasteiger partial charge in [-0.2, -0.15) is 0 Å². The number of carboxylic acid groups (broad SMARTS) is 1. The van der Waals surface area contributed by atoms with Crippen molar-refractivity contribution in [2.24, 2.45) is 0 Å². The minimum absolute atomic E-state index is 0.0470. The van der Waals surface area contributed by atoms with E-state index in [4.69, 9.17) is 4.74 Å². The number of piperidine rings is 1. The first-order valence-corrected chi connectivity index (χ1v) is 8.46. The summed E-state index contributed by atoms with van der Waals surface area (Å²) < 4.78 is 5.90. The number of carboxylic acids is 1. The molecule has 1 fully saturated rings. The number of hydrogen-bond donors (Lipinski definition) is 1. The predicted octanol–water partition coefficient (Wildman–Crippen LogP) is 4.48. The van der Waals surface area contributed by atoms with Crippen LogP contribution in [0.1, 0.15) is 37.8 Å². The van der Waals surface area contributed by atoms with Crippen LogP contribution in [0.2, 0.25) is 0 Å². The quantitative estimate of drug-likeness (QED) is 0.880. The summed E-state index contributed by atoms with van der Waals surface area (Å²) in [4.78, 5) is 13.6. The zero-order chi connectivity index (χ0) is 16.9. The van der Waals surface area contributed by atoms with Gasteiger partial charge in [-0.25, -0.2) is 0 Å². The SMILES string of the molecule is CC(c1cccc(Oc2ccccc2)c1)N1CCCCC1C(=O)O. The zero-order valence-electron chi connectivity index (χ0n) is 13.9. The van der Waals surface area contributed by atoms with Gasteiger partial charge in [0.1, 0.15) is 17.5 Å². The second kappa shape index (κ2) is 7.49. The highest BCUT2D eigenvalue weighted by Gasteiger charge is 2.32. The van der Waals surface area contributed by atoms with Crippen LogP contribution in [0, 0.1) is 0 Å². The molecule has 4 heteroatoms. The molecule has 1 N–H and O–H groups in total. The average molecular weight is 325 g/mol. The molecule has 2 aromatic rings. The van der Waals surface area contributed by atoms with Crippen molar-refractivity contribution in [1.29, 1.82) is 0 Å². The van der Waals surface area contributed by atoms with Crippen molar-refractivity contribution in [3.05, 3.63) is 60.2 Å². The molecule has 3 rings (SSSR count). The van der Waals surface area contributed by atoms with E-state index in [0.717, 1.165) is 42.9 Å². The number of para-hydroxylation sites is 1. The summed E-state index contributed by atoms with van der Waals surface area (Å²) in [5.41, 5.74) is 1.08. The maximum absolute atomic E-state index is 11.5. The Bertz CT molecular complexity index is 686. The number of nitrogens with zero attached hydrogens (tertiary/aromatic N) is 1. The van der Waals surface area contributed by atoms with Gasteiger partial charge in [-0.3, -0.25) is 9.69 Å². The summed E-state index contributed by atoms with van der Waals surface area (Å²) in [7, 11) is 0. The van der Waals surface area contributed by atoms with Gasteiger partial charge in [-0.1, -0.05) is 36.8 Å². The highest BCUT2D eigenvalue weighted by Crippen LogP contribution is 2.31. The third-order valence-electron chi connectivity index (χ3n) is 4.65. The van der Waals surface area contributed by atoms with Crippen LogP contribution in [0.4, 0.5) is 0 Å². The van der Waals surface area contributed by atoms with Crippen LogP contribution in [-0.4, -0.2) is 28.6 Å². The summed E-state index contributed by atoms with van der Waals surface area (Å²) in [6, 6.07) is 17.2. The third-order valence-corrected chi connectivity index (χ3v) is 4.65. The Morgan fingerprint density at radius 2 is 1.88 bits per heavy atom. The van der Waals surface area contributed by atoms with Gasteiger partial charge in [0, 0.05) is 6.04 Å². The lowest BCUT2D eigenvalue weighted by atomic mass is 9.97. The van der Waals surface area contributed by atoms with Gasteiger partial charge in [0.2, 0.25) is 0 Å². The summed E-state index contributed by atoms with van der Waals surface area (Å²) >= 11 is 0. The molecular formula is C20H23NO3. The normalized spacial score (nSPS) is 19.6. The molecule has 2 aromatic carbocycles. The van der Waals surface area contributed by atoms with Crippen molar-refractivity contribution in [2.45, 2.75) is 38.3 Å². The van der Waals surface area contributed by atoms with Gasteiger partial charge in [-0.05, 0) is 56.1 Å². The summed E-state index contributed by atoms with van der Waals surface area (Å²) in [5, 5.41) is 9.49. The van der Waals surface area contributed by atoms with Crippen LogP contribution in [0.25, 0.3) is 0 Å². The minimum Gasteiger partial charge on any atom is -0.480 e.